The van der Waals surface area contributed by atoms with Gasteiger partial charge in [0, 0.05) is 0 Å². The summed E-state index contributed by atoms with van der Waals surface area (Å²) in [7, 11) is 0. The topological polar surface area (TPSA) is 0 Å². The molecule has 0 aromatic heterocycles. The van der Waals surface area contributed by atoms with Crippen LogP contribution in [0.1, 0.15) is 27.7 Å². The van der Waals surface area contributed by atoms with E-state index < -0.39 is 0 Å². The molecule has 0 aliphatic heterocycles. The van der Waals surface area contributed by atoms with E-state index in [2.05, 4.69) is 39.5 Å². The summed E-state index contributed by atoms with van der Waals surface area (Å²) in [5, 5.41) is 0. The Morgan fingerprint density at radius 3 is 1.40 bits per heavy atom. The molecule has 0 saturated heterocycles. The van der Waals surface area contributed by atoms with Gasteiger partial charge in [0.25, 0.3) is 0 Å². The number of hydrogen-bond donors (Lipinski definition) is 0. The zero-order chi connectivity index (χ0) is 7.28. The van der Waals surface area contributed by atoms with Gasteiger partial charge in [-0.2, -0.15) is 11.8 Å². The average Bonchev–Trinajstić information content (AvgIpc) is 1.63. The SMILES string of the molecule is CC(C)CSCC(C)C.[Na+]. The van der Waals surface area contributed by atoms with Crippen molar-refractivity contribution in [2.24, 2.45) is 11.8 Å². The molecule has 0 bridgehead atoms. The molecular formula is C8H18NaS+. The van der Waals surface area contributed by atoms with Gasteiger partial charge in [0.15, 0.2) is 0 Å². The Labute approximate surface area is 91.8 Å². The van der Waals surface area contributed by atoms with Crippen LogP contribution in [0.15, 0.2) is 0 Å². The predicted octanol–water partition coefficient (Wildman–Crippen LogP) is 0.0356. The summed E-state index contributed by atoms with van der Waals surface area (Å²) in [6.07, 6.45) is 0. The Kier molecular flexibility index (Phi) is 11.7. The van der Waals surface area contributed by atoms with Crippen molar-refractivity contribution in [2.45, 2.75) is 27.7 Å². The van der Waals surface area contributed by atoms with Crippen LogP contribution in [0.25, 0.3) is 0 Å². The van der Waals surface area contributed by atoms with Crippen LogP contribution in [0, 0.1) is 11.8 Å². The minimum absolute atomic E-state index is 0. The van der Waals surface area contributed by atoms with Crippen LogP contribution >= 0.6 is 11.8 Å². The minimum atomic E-state index is 0. The van der Waals surface area contributed by atoms with Gasteiger partial charge < -0.3 is 0 Å². The molecule has 0 heterocycles. The summed E-state index contributed by atoms with van der Waals surface area (Å²) in [5.74, 6) is 4.35. The summed E-state index contributed by atoms with van der Waals surface area (Å²) in [4.78, 5) is 0. The van der Waals surface area contributed by atoms with Gasteiger partial charge in [-0.25, -0.2) is 0 Å². The fourth-order valence-electron chi connectivity index (χ4n) is 0.539. The van der Waals surface area contributed by atoms with E-state index in [9.17, 15) is 0 Å². The standard InChI is InChI=1S/C8H18S.Na/c1-7(2)5-9-6-8(3)4;/h7-8H,5-6H2,1-4H3;/q;+1. The van der Waals surface area contributed by atoms with Crippen molar-refractivity contribution >= 4 is 11.8 Å². The Bertz CT molecular complexity index is 54.3. The third-order valence-electron chi connectivity index (χ3n) is 0.902. The molecule has 0 saturated carbocycles. The van der Waals surface area contributed by atoms with E-state index in [1.165, 1.54) is 11.5 Å². The monoisotopic (exact) mass is 169 g/mol. The van der Waals surface area contributed by atoms with Crippen molar-refractivity contribution < 1.29 is 29.6 Å². The molecule has 0 fully saturated rings. The van der Waals surface area contributed by atoms with Crippen LogP contribution < -0.4 is 29.6 Å². The molecule has 56 valence electrons. The van der Waals surface area contributed by atoms with E-state index in [0.717, 1.165) is 11.8 Å². The maximum Gasteiger partial charge on any atom is 1.00 e. The van der Waals surface area contributed by atoms with Crippen LogP contribution in [-0.4, -0.2) is 11.5 Å². The van der Waals surface area contributed by atoms with Crippen molar-refractivity contribution in [2.75, 3.05) is 11.5 Å². The largest absolute Gasteiger partial charge is 1.00 e. The molecule has 0 aromatic carbocycles. The van der Waals surface area contributed by atoms with Gasteiger partial charge in [-0.05, 0) is 23.3 Å². The summed E-state index contributed by atoms with van der Waals surface area (Å²) in [6.45, 7) is 9.08. The second kappa shape index (κ2) is 8.45. The molecule has 0 aliphatic rings. The van der Waals surface area contributed by atoms with Crippen molar-refractivity contribution in [1.29, 1.82) is 0 Å². The van der Waals surface area contributed by atoms with Crippen molar-refractivity contribution in [3.05, 3.63) is 0 Å². The van der Waals surface area contributed by atoms with Gasteiger partial charge in [0.2, 0.25) is 0 Å². The van der Waals surface area contributed by atoms with Gasteiger partial charge in [-0.15, -0.1) is 0 Å². The molecular weight excluding hydrogens is 151 g/mol. The van der Waals surface area contributed by atoms with Crippen LogP contribution in [0.5, 0.6) is 0 Å². The van der Waals surface area contributed by atoms with E-state index >= 15 is 0 Å². The molecule has 0 atom stereocenters. The fraction of sp³-hybridized carbons (Fsp3) is 1.00. The normalized spacial score (nSPS) is 10.2. The zero-order valence-corrected chi connectivity index (χ0v) is 10.8. The quantitative estimate of drug-likeness (QED) is 0.535. The molecule has 0 rings (SSSR count). The molecule has 0 amide bonds. The summed E-state index contributed by atoms with van der Waals surface area (Å²) < 4.78 is 0. The molecule has 0 spiro atoms. The van der Waals surface area contributed by atoms with E-state index in [4.69, 9.17) is 0 Å². The molecule has 0 N–H and O–H groups in total. The van der Waals surface area contributed by atoms with E-state index in [-0.39, 0.29) is 29.6 Å². The van der Waals surface area contributed by atoms with Crippen molar-refractivity contribution in [3.63, 3.8) is 0 Å². The second-order valence-electron chi connectivity index (χ2n) is 3.33. The van der Waals surface area contributed by atoms with Gasteiger partial charge in [0.05, 0.1) is 0 Å². The molecule has 0 aliphatic carbocycles. The first kappa shape index (κ1) is 13.9. The summed E-state index contributed by atoms with van der Waals surface area (Å²) in [6, 6.07) is 0. The molecule has 2 heteroatoms. The first-order valence-electron chi connectivity index (χ1n) is 3.70. The minimum Gasteiger partial charge on any atom is -0.161 e. The second-order valence-corrected chi connectivity index (χ2v) is 4.40. The van der Waals surface area contributed by atoms with Crippen LogP contribution in [0.2, 0.25) is 0 Å². The smallest absolute Gasteiger partial charge is 0.161 e. The first-order valence-corrected chi connectivity index (χ1v) is 4.86. The van der Waals surface area contributed by atoms with Crippen LogP contribution in [0.4, 0.5) is 0 Å². The average molecular weight is 169 g/mol. The molecule has 0 nitrogen and oxygen atoms in total. The Hall–Kier alpha value is 1.35. The van der Waals surface area contributed by atoms with Crippen LogP contribution in [0.3, 0.4) is 0 Å². The van der Waals surface area contributed by atoms with Crippen LogP contribution in [-0.2, 0) is 0 Å². The van der Waals surface area contributed by atoms with Gasteiger partial charge in [-0.1, -0.05) is 27.7 Å². The molecule has 0 aromatic rings. The molecule has 10 heavy (non-hydrogen) atoms. The number of rotatable bonds is 4. The summed E-state index contributed by atoms with van der Waals surface area (Å²) >= 11 is 2.07. The Morgan fingerprint density at radius 2 is 1.20 bits per heavy atom. The van der Waals surface area contributed by atoms with E-state index in [1.807, 2.05) is 0 Å². The van der Waals surface area contributed by atoms with Gasteiger partial charge in [0.1, 0.15) is 0 Å². The Morgan fingerprint density at radius 1 is 0.900 bits per heavy atom. The van der Waals surface area contributed by atoms with Crippen molar-refractivity contribution in [1.82, 2.24) is 0 Å². The predicted molar refractivity (Wildman–Crippen MR) is 47.0 cm³/mol. The third kappa shape index (κ3) is 12.1. The first-order chi connectivity index (χ1) is 4.13. The fourth-order valence-corrected chi connectivity index (χ4v) is 1.62. The number of thioether (sulfide) groups is 1. The molecule has 0 unspecified atom stereocenters. The van der Waals surface area contributed by atoms with Gasteiger partial charge >= 0.3 is 29.6 Å². The van der Waals surface area contributed by atoms with Crippen molar-refractivity contribution in [3.8, 4) is 0 Å². The molecule has 0 radical (unpaired) electrons. The third-order valence-corrected chi connectivity index (χ3v) is 2.71. The maximum atomic E-state index is 2.27. The van der Waals surface area contributed by atoms with Gasteiger partial charge in [-0.3, -0.25) is 0 Å². The van der Waals surface area contributed by atoms with E-state index in [1.54, 1.807) is 0 Å². The number of hydrogen-bond acceptors (Lipinski definition) is 1. The Balaban J connectivity index is 0. The zero-order valence-electron chi connectivity index (χ0n) is 7.98. The summed E-state index contributed by atoms with van der Waals surface area (Å²) in [5.41, 5.74) is 0. The van der Waals surface area contributed by atoms with E-state index in [0.29, 0.717) is 0 Å². The maximum absolute atomic E-state index is 2.27.